The molecule has 0 saturated carbocycles. The highest BCUT2D eigenvalue weighted by Gasteiger charge is 2.17. The van der Waals surface area contributed by atoms with Gasteiger partial charge < -0.3 is 15.1 Å². The van der Waals surface area contributed by atoms with Crippen molar-refractivity contribution in [2.75, 3.05) is 5.32 Å². The summed E-state index contributed by atoms with van der Waals surface area (Å²) >= 11 is 15.1. The smallest absolute Gasteiger partial charge is 0.313 e. The number of aryl methyl sites for hydroxylation is 1. The van der Waals surface area contributed by atoms with Crippen molar-refractivity contribution >= 4 is 74.4 Å². The fourth-order valence-corrected chi connectivity index (χ4v) is 3.82. The molecule has 0 aliphatic rings. The van der Waals surface area contributed by atoms with E-state index in [2.05, 4.69) is 42.1 Å². The van der Waals surface area contributed by atoms with E-state index in [0.29, 0.717) is 39.3 Å². The molecule has 0 aliphatic carbocycles. The van der Waals surface area contributed by atoms with Gasteiger partial charge in [0.05, 0.1) is 28.5 Å². The van der Waals surface area contributed by atoms with Crippen LogP contribution < -0.4 is 16.1 Å². The molecule has 184 valence electrons. The molecule has 13 heteroatoms. The van der Waals surface area contributed by atoms with E-state index in [-0.39, 0.29) is 11.6 Å². The van der Waals surface area contributed by atoms with E-state index >= 15 is 0 Å². The van der Waals surface area contributed by atoms with E-state index in [1.165, 1.54) is 24.4 Å². The minimum absolute atomic E-state index is 0.0380. The third kappa shape index (κ3) is 5.93. The summed E-state index contributed by atoms with van der Waals surface area (Å²) in [4.78, 5) is 41.1. The number of hydrazone groups is 1. The second kappa shape index (κ2) is 10.9. The number of nitrogens with zero attached hydrogens (tertiary/aromatic N) is 3. The van der Waals surface area contributed by atoms with Crippen molar-refractivity contribution in [2.45, 2.75) is 13.5 Å². The first kappa shape index (κ1) is 25.4. The topological polar surface area (TPSA) is 130 Å². The number of furan rings is 1. The number of amides is 3. The lowest BCUT2D eigenvalue weighted by Crippen LogP contribution is -2.34. The van der Waals surface area contributed by atoms with Crippen molar-refractivity contribution in [1.82, 2.24) is 20.1 Å². The molecule has 0 atom stereocenters. The molecule has 3 heterocycles. The van der Waals surface area contributed by atoms with Gasteiger partial charge in [-0.15, -0.1) is 0 Å². The Kier molecular flexibility index (Phi) is 7.73. The molecule has 3 amide bonds. The van der Waals surface area contributed by atoms with Gasteiger partial charge in [-0.05, 0) is 65.3 Å². The summed E-state index contributed by atoms with van der Waals surface area (Å²) in [6.07, 6.45) is 3.06. The van der Waals surface area contributed by atoms with Crippen LogP contribution in [-0.2, 0) is 16.1 Å². The van der Waals surface area contributed by atoms with Gasteiger partial charge in [0.2, 0.25) is 0 Å². The van der Waals surface area contributed by atoms with E-state index in [9.17, 15) is 14.4 Å². The first-order chi connectivity index (χ1) is 17.2. The van der Waals surface area contributed by atoms with Crippen LogP contribution in [0.25, 0.3) is 5.65 Å². The van der Waals surface area contributed by atoms with Gasteiger partial charge in [-0.1, -0.05) is 23.2 Å². The van der Waals surface area contributed by atoms with Crippen LogP contribution >= 0.6 is 39.1 Å². The van der Waals surface area contributed by atoms with Crippen LogP contribution in [0.1, 0.15) is 27.7 Å². The summed E-state index contributed by atoms with van der Waals surface area (Å²) in [5, 5.41) is 9.37. The third-order valence-electron chi connectivity index (χ3n) is 4.82. The molecule has 3 N–H and O–H groups in total. The first-order valence-electron chi connectivity index (χ1n) is 10.3. The van der Waals surface area contributed by atoms with Crippen molar-refractivity contribution in [3.63, 3.8) is 0 Å². The van der Waals surface area contributed by atoms with Crippen LogP contribution in [0.2, 0.25) is 10.0 Å². The van der Waals surface area contributed by atoms with Gasteiger partial charge >= 0.3 is 11.8 Å². The molecule has 3 aromatic heterocycles. The lowest BCUT2D eigenvalue weighted by Gasteiger charge is -2.06. The molecule has 4 aromatic rings. The molecule has 36 heavy (non-hydrogen) atoms. The Morgan fingerprint density at radius 1 is 1.11 bits per heavy atom. The standard InChI is InChI=1S/C23H17BrCl2N6O4/c1-12-20(32-11-13(24)2-7-19(32)29-12)21(33)31-28-10-16-5-4-15(36-16)9-27-22(34)23(35)30-14-3-6-17(25)18(26)8-14/h2-8,10-11H,9H2,1H3,(H,27,34)(H,30,35)(H,31,33)/b28-10+. The molecular formula is C23H17BrCl2N6O4. The highest BCUT2D eigenvalue weighted by atomic mass is 79.9. The van der Waals surface area contributed by atoms with Gasteiger partial charge in [0.25, 0.3) is 5.91 Å². The van der Waals surface area contributed by atoms with E-state index in [4.69, 9.17) is 27.6 Å². The molecule has 10 nitrogen and oxygen atoms in total. The molecule has 0 aliphatic heterocycles. The van der Waals surface area contributed by atoms with Crippen LogP contribution in [0.4, 0.5) is 5.69 Å². The Morgan fingerprint density at radius 2 is 1.92 bits per heavy atom. The number of hydrogen-bond donors (Lipinski definition) is 3. The molecule has 0 spiro atoms. The number of imidazole rings is 1. The van der Waals surface area contributed by atoms with E-state index in [1.807, 2.05) is 6.07 Å². The van der Waals surface area contributed by atoms with Gasteiger partial charge in [-0.25, -0.2) is 10.4 Å². The van der Waals surface area contributed by atoms with Gasteiger partial charge in [0, 0.05) is 16.4 Å². The summed E-state index contributed by atoms with van der Waals surface area (Å²) in [6, 6.07) is 11.3. The van der Waals surface area contributed by atoms with Crippen molar-refractivity contribution in [3.8, 4) is 0 Å². The Hall–Kier alpha value is -3.67. The molecule has 0 saturated heterocycles. The summed E-state index contributed by atoms with van der Waals surface area (Å²) in [5.41, 5.74) is 4.31. The highest BCUT2D eigenvalue weighted by molar-refractivity contribution is 9.10. The summed E-state index contributed by atoms with van der Waals surface area (Å²) in [7, 11) is 0. The fraction of sp³-hybridized carbons (Fsp3) is 0.0870. The van der Waals surface area contributed by atoms with E-state index in [1.54, 1.807) is 35.7 Å². The lowest BCUT2D eigenvalue weighted by atomic mass is 10.3. The zero-order chi connectivity index (χ0) is 25.8. The zero-order valence-corrected chi connectivity index (χ0v) is 21.6. The van der Waals surface area contributed by atoms with Gasteiger partial charge in [0.1, 0.15) is 22.9 Å². The van der Waals surface area contributed by atoms with Crippen molar-refractivity contribution in [1.29, 1.82) is 0 Å². The Morgan fingerprint density at radius 3 is 2.69 bits per heavy atom. The quantitative estimate of drug-likeness (QED) is 0.175. The number of carbonyl (C=O) groups is 3. The molecular weight excluding hydrogens is 575 g/mol. The van der Waals surface area contributed by atoms with Crippen molar-refractivity contribution in [3.05, 3.63) is 86.1 Å². The van der Waals surface area contributed by atoms with E-state index < -0.39 is 17.7 Å². The van der Waals surface area contributed by atoms with Crippen molar-refractivity contribution in [2.24, 2.45) is 5.10 Å². The average molecular weight is 592 g/mol. The monoisotopic (exact) mass is 590 g/mol. The minimum Gasteiger partial charge on any atom is -0.458 e. The number of pyridine rings is 1. The predicted octanol–water partition coefficient (Wildman–Crippen LogP) is 4.32. The molecule has 1 aromatic carbocycles. The van der Waals surface area contributed by atoms with Crippen LogP contribution in [0.5, 0.6) is 0 Å². The van der Waals surface area contributed by atoms with Crippen LogP contribution in [0.3, 0.4) is 0 Å². The number of rotatable bonds is 6. The Labute approximate surface area is 222 Å². The minimum atomic E-state index is -0.876. The molecule has 4 rings (SSSR count). The first-order valence-corrected chi connectivity index (χ1v) is 11.9. The maximum atomic E-state index is 12.6. The summed E-state index contributed by atoms with van der Waals surface area (Å²) in [6.45, 7) is 1.70. The maximum absolute atomic E-state index is 12.6. The molecule has 0 radical (unpaired) electrons. The van der Waals surface area contributed by atoms with Crippen molar-refractivity contribution < 1.29 is 18.8 Å². The highest BCUT2D eigenvalue weighted by Crippen LogP contribution is 2.25. The lowest BCUT2D eigenvalue weighted by molar-refractivity contribution is -0.136. The number of halogens is 3. The fourth-order valence-electron chi connectivity index (χ4n) is 3.19. The Bertz CT molecular complexity index is 1510. The van der Waals surface area contributed by atoms with Gasteiger partial charge in [0.15, 0.2) is 0 Å². The summed E-state index contributed by atoms with van der Waals surface area (Å²) in [5.74, 6) is -1.48. The summed E-state index contributed by atoms with van der Waals surface area (Å²) < 4.78 is 8.00. The SMILES string of the molecule is Cc1nc2ccc(Br)cn2c1C(=O)N/N=C/c1ccc(CNC(=O)C(=O)Nc2ccc(Cl)c(Cl)c2)o1. The number of hydrogen-bond acceptors (Lipinski definition) is 6. The number of fused-ring (bicyclic) bond motifs is 1. The third-order valence-corrected chi connectivity index (χ3v) is 6.03. The molecule has 0 bridgehead atoms. The predicted molar refractivity (Wildman–Crippen MR) is 138 cm³/mol. The maximum Gasteiger partial charge on any atom is 0.313 e. The van der Waals surface area contributed by atoms with Gasteiger partial charge in [-0.3, -0.25) is 18.8 Å². The number of aromatic nitrogens is 2. The second-order valence-electron chi connectivity index (χ2n) is 7.39. The number of nitrogens with one attached hydrogen (secondary N) is 3. The normalized spacial score (nSPS) is 11.1. The van der Waals surface area contributed by atoms with Crippen LogP contribution in [-0.4, -0.2) is 33.3 Å². The number of carbonyl (C=O) groups excluding carboxylic acids is 3. The number of benzene rings is 1. The molecule has 0 fully saturated rings. The van der Waals surface area contributed by atoms with Gasteiger partial charge in [-0.2, -0.15) is 5.10 Å². The second-order valence-corrected chi connectivity index (χ2v) is 9.12. The zero-order valence-electron chi connectivity index (χ0n) is 18.5. The molecule has 0 unspecified atom stereocenters. The van der Waals surface area contributed by atoms with E-state index in [0.717, 1.165) is 4.47 Å². The Balaban J connectivity index is 1.30. The average Bonchev–Trinajstić information content (AvgIpc) is 3.42. The van der Waals surface area contributed by atoms with Crippen LogP contribution in [0, 0.1) is 6.92 Å². The largest absolute Gasteiger partial charge is 0.458 e. The number of anilines is 1. The van der Waals surface area contributed by atoms with Crippen LogP contribution in [0.15, 0.2) is 62.7 Å².